The largest absolute Gasteiger partial charge is 0.404 e. The standard InChI is InChI=1S/C5H14O3P/c1-5(2,3)4-9(6,7)8/h6-8H,4H2,1-3H3/q+1. The summed E-state index contributed by atoms with van der Waals surface area (Å²) in [6.07, 6.45) is 0.0694. The molecule has 0 unspecified atom stereocenters. The van der Waals surface area contributed by atoms with Crippen molar-refractivity contribution in [3.63, 3.8) is 0 Å². The van der Waals surface area contributed by atoms with Gasteiger partial charge in [0, 0.05) is 5.41 Å². The highest BCUT2D eigenvalue weighted by molar-refractivity contribution is 7.58. The van der Waals surface area contributed by atoms with E-state index in [2.05, 4.69) is 0 Å². The Morgan fingerprint density at radius 1 is 1.11 bits per heavy atom. The van der Waals surface area contributed by atoms with Crippen molar-refractivity contribution < 1.29 is 14.7 Å². The molecule has 0 aromatic rings. The van der Waals surface area contributed by atoms with Crippen molar-refractivity contribution in [2.45, 2.75) is 20.8 Å². The van der Waals surface area contributed by atoms with E-state index in [0.717, 1.165) is 0 Å². The van der Waals surface area contributed by atoms with Crippen LogP contribution in [0.1, 0.15) is 20.8 Å². The molecular formula is C5H14O3P+. The molecule has 0 aliphatic heterocycles. The van der Waals surface area contributed by atoms with Crippen molar-refractivity contribution in [1.29, 1.82) is 0 Å². The quantitative estimate of drug-likeness (QED) is 0.487. The van der Waals surface area contributed by atoms with E-state index in [1.54, 1.807) is 0 Å². The minimum absolute atomic E-state index is 0.0694. The maximum Gasteiger partial charge on any atom is 0.404 e. The van der Waals surface area contributed by atoms with Crippen molar-refractivity contribution in [2.24, 2.45) is 5.41 Å². The van der Waals surface area contributed by atoms with Gasteiger partial charge in [-0.2, -0.15) is 14.7 Å². The van der Waals surface area contributed by atoms with E-state index in [-0.39, 0.29) is 11.6 Å². The van der Waals surface area contributed by atoms with Crippen LogP contribution in [0, 0.1) is 5.41 Å². The molecule has 0 fully saturated rings. The lowest BCUT2D eigenvalue weighted by Crippen LogP contribution is -2.14. The highest BCUT2D eigenvalue weighted by Crippen LogP contribution is 2.49. The van der Waals surface area contributed by atoms with Gasteiger partial charge in [-0.15, -0.1) is 0 Å². The van der Waals surface area contributed by atoms with Crippen LogP contribution in [0.4, 0.5) is 0 Å². The Balaban J connectivity index is 3.75. The van der Waals surface area contributed by atoms with E-state index in [4.69, 9.17) is 14.7 Å². The second-order valence-electron chi connectivity index (χ2n) is 3.41. The average molecular weight is 153 g/mol. The van der Waals surface area contributed by atoms with E-state index >= 15 is 0 Å². The van der Waals surface area contributed by atoms with E-state index in [0.29, 0.717) is 0 Å². The molecule has 3 nitrogen and oxygen atoms in total. The molecule has 0 aromatic heterocycles. The Morgan fingerprint density at radius 3 is 1.44 bits per heavy atom. The molecule has 0 radical (unpaired) electrons. The van der Waals surface area contributed by atoms with Crippen LogP contribution in [0.25, 0.3) is 0 Å². The molecular weight excluding hydrogens is 139 g/mol. The van der Waals surface area contributed by atoms with Gasteiger partial charge in [-0.1, -0.05) is 20.8 Å². The molecule has 0 amide bonds. The topological polar surface area (TPSA) is 60.7 Å². The SMILES string of the molecule is CC(C)(C)C[P+](O)(O)O. The van der Waals surface area contributed by atoms with Gasteiger partial charge >= 0.3 is 7.94 Å². The van der Waals surface area contributed by atoms with Crippen molar-refractivity contribution in [3.05, 3.63) is 0 Å². The molecule has 0 rings (SSSR count). The number of rotatable bonds is 1. The Labute approximate surface area is 55.9 Å². The van der Waals surface area contributed by atoms with Gasteiger partial charge < -0.3 is 0 Å². The lowest BCUT2D eigenvalue weighted by atomic mass is 10.0. The number of hydrogen-bond acceptors (Lipinski definition) is 3. The molecule has 0 saturated heterocycles. The van der Waals surface area contributed by atoms with Crippen LogP contribution >= 0.6 is 7.94 Å². The highest BCUT2D eigenvalue weighted by atomic mass is 31.2. The Hall–Kier alpha value is 0.310. The van der Waals surface area contributed by atoms with E-state index in [9.17, 15) is 0 Å². The van der Waals surface area contributed by atoms with Gasteiger partial charge in [-0.25, -0.2) is 0 Å². The molecule has 0 aliphatic carbocycles. The molecule has 56 valence electrons. The minimum atomic E-state index is -3.54. The maximum absolute atomic E-state index is 8.58. The molecule has 4 heteroatoms. The second kappa shape index (κ2) is 2.51. The van der Waals surface area contributed by atoms with Gasteiger partial charge in [0.05, 0.1) is 0 Å². The zero-order chi connectivity index (χ0) is 7.71. The van der Waals surface area contributed by atoms with Crippen LogP contribution in [0.2, 0.25) is 0 Å². The van der Waals surface area contributed by atoms with Crippen LogP contribution in [0.15, 0.2) is 0 Å². The van der Waals surface area contributed by atoms with Crippen molar-refractivity contribution >= 4 is 7.94 Å². The van der Waals surface area contributed by atoms with Gasteiger partial charge in [0.1, 0.15) is 6.16 Å². The van der Waals surface area contributed by atoms with Gasteiger partial charge in [-0.3, -0.25) is 0 Å². The Morgan fingerprint density at radius 2 is 1.44 bits per heavy atom. The van der Waals surface area contributed by atoms with Crippen molar-refractivity contribution in [3.8, 4) is 0 Å². The summed E-state index contributed by atoms with van der Waals surface area (Å²) in [5.74, 6) is 0. The van der Waals surface area contributed by atoms with Crippen LogP contribution in [0.5, 0.6) is 0 Å². The zero-order valence-corrected chi connectivity index (χ0v) is 6.89. The Kier molecular flexibility index (Phi) is 2.59. The average Bonchev–Trinajstić information content (AvgIpc) is 1.14. The molecule has 0 heterocycles. The fourth-order valence-corrected chi connectivity index (χ4v) is 1.91. The molecule has 0 bridgehead atoms. The molecule has 0 aromatic carbocycles. The molecule has 0 saturated carbocycles. The lowest BCUT2D eigenvalue weighted by molar-refractivity contribution is 0.305. The molecule has 3 N–H and O–H groups in total. The number of hydrogen-bond donors (Lipinski definition) is 3. The van der Waals surface area contributed by atoms with E-state index < -0.39 is 7.94 Å². The summed E-state index contributed by atoms with van der Waals surface area (Å²) in [6.45, 7) is 5.51. The predicted octanol–water partition coefficient (Wildman–Crippen LogP) is 0.772. The third kappa shape index (κ3) is 8.31. The van der Waals surface area contributed by atoms with Gasteiger partial charge in [0.15, 0.2) is 0 Å². The third-order valence-corrected chi connectivity index (χ3v) is 2.06. The molecule has 0 atom stereocenters. The van der Waals surface area contributed by atoms with Gasteiger partial charge in [-0.05, 0) is 0 Å². The monoisotopic (exact) mass is 153 g/mol. The summed E-state index contributed by atoms with van der Waals surface area (Å²) in [5, 5.41) is 0. The van der Waals surface area contributed by atoms with Crippen LogP contribution in [-0.4, -0.2) is 20.8 Å². The van der Waals surface area contributed by atoms with Crippen molar-refractivity contribution in [2.75, 3.05) is 6.16 Å². The van der Waals surface area contributed by atoms with E-state index in [1.165, 1.54) is 0 Å². The first-order valence-corrected chi connectivity index (χ1v) is 4.60. The van der Waals surface area contributed by atoms with Crippen molar-refractivity contribution in [1.82, 2.24) is 0 Å². The summed E-state index contributed by atoms with van der Waals surface area (Å²) >= 11 is 0. The summed E-state index contributed by atoms with van der Waals surface area (Å²) < 4.78 is 0. The zero-order valence-electron chi connectivity index (χ0n) is 6.00. The van der Waals surface area contributed by atoms with Crippen LogP contribution in [0.3, 0.4) is 0 Å². The second-order valence-corrected chi connectivity index (χ2v) is 5.11. The van der Waals surface area contributed by atoms with Crippen LogP contribution < -0.4 is 0 Å². The van der Waals surface area contributed by atoms with E-state index in [1.807, 2.05) is 20.8 Å². The fraction of sp³-hybridized carbons (Fsp3) is 1.00. The smallest absolute Gasteiger partial charge is 0.193 e. The predicted molar refractivity (Wildman–Crippen MR) is 37.9 cm³/mol. The molecule has 0 aliphatic rings. The summed E-state index contributed by atoms with van der Waals surface area (Å²) in [7, 11) is -3.54. The third-order valence-electron chi connectivity index (χ3n) is 0.686. The van der Waals surface area contributed by atoms with Crippen LogP contribution in [-0.2, 0) is 0 Å². The molecule has 0 spiro atoms. The first-order chi connectivity index (χ1) is 3.71. The Bertz CT molecular complexity index is 77.4. The first-order valence-electron chi connectivity index (χ1n) is 2.77. The first kappa shape index (κ1) is 9.31. The highest BCUT2D eigenvalue weighted by Gasteiger charge is 2.36. The lowest BCUT2D eigenvalue weighted by Gasteiger charge is -2.16. The summed E-state index contributed by atoms with van der Waals surface area (Å²) in [4.78, 5) is 25.7. The van der Waals surface area contributed by atoms with Gasteiger partial charge in [0.2, 0.25) is 0 Å². The maximum atomic E-state index is 8.58. The molecule has 9 heavy (non-hydrogen) atoms. The summed E-state index contributed by atoms with van der Waals surface area (Å²) in [6, 6.07) is 0. The minimum Gasteiger partial charge on any atom is -0.193 e. The normalized spacial score (nSPS) is 14.0. The summed E-state index contributed by atoms with van der Waals surface area (Å²) in [5.41, 5.74) is -0.216. The fourth-order valence-electron chi connectivity index (χ4n) is 0.636. The van der Waals surface area contributed by atoms with Gasteiger partial charge in [0.25, 0.3) is 0 Å².